The van der Waals surface area contributed by atoms with Crippen LogP contribution in [-0.4, -0.2) is 16.3 Å². The number of benzene rings is 1. The number of hydrogen-bond acceptors (Lipinski definition) is 1. The van der Waals surface area contributed by atoms with Crippen LogP contribution >= 0.6 is 22.6 Å². The van der Waals surface area contributed by atoms with Crippen LogP contribution in [0.4, 0.5) is 0 Å². The van der Waals surface area contributed by atoms with Crippen molar-refractivity contribution in [3.63, 3.8) is 0 Å². The molecule has 0 aliphatic heterocycles. The van der Waals surface area contributed by atoms with Gasteiger partial charge in [-0.2, -0.15) is 0 Å². The van der Waals surface area contributed by atoms with Crippen molar-refractivity contribution in [3.05, 3.63) is 56.9 Å². The first-order chi connectivity index (χ1) is 11.3. The highest BCUT2D eigenvalue weighted by atomic mass is 127. The normalized spacial score (nSPS) is 15.9. The zero-order chi connectivity index (χ0) is 16.1. The minimum atomic E-state index is 0.269. The van der Waals surface area contributed by atoms with Crippen molar-refractivity contribution in [2.24, 2.45) is 0 Å². The van der Waals surface area contributed by atoms with Gasteiger partial charge in [0.05, 0.1) is 0 Å². The van der Waals surface area contributed by atoms with E-state index in [-0.39, 0.29) is 6.61 Å². The number of halogens is 1. The molecule has 0 bridgehead atoms. The third-order valence-electron chi connectivity index (χ3n) is 4.97. The Morgan fingerprint density at radius 1 is 1.09 bits per heavy atom. The van der Waals surface area contributed by atoms with Crippen molar-refractivity contribution in [2.45, 2.75) is 57.4 Å². The lowest BCUT2D eigenvalue weighted by Gasteiger charge is -2.24. The second kappa shape index (κ2) is 8.34. The summed E-state index contributed by atoms with van der Waals surface area (Å²) in [5, 5.41) is 9.24. The van der Waals surface area contributed by atoms with Gasteiger partial charge in [0.15, 0.2) is 0 Å². The fraction of sp³-hybridized carbons (Fsp3) is 0.500. The molecule has 23 heavy (non-hydrogen) atoms. The minimum Gasteiger partial charge on any atom is -0.396 e. The van der Waals surface area contributed by atoms with E-state index in [9.17, 15) is 5.11 Å². The Hall–Kier alpha value is -0.810. The van der Waals surface area contributed by atoms with Gasteiger partial charge in [-0.25, -0.2) is 0 Å². The number of aliphatic hydroxyl groups is 1. The molecule has 0 radical (unpaired) electrons. The maximum atomic E-state index is 9.24. The number of aliphatic hydroxyl groups excluding tert-OH is 1. The van der Waals surface area contributed by atoms with Crippen LogP contribution < -0.4 is 0 Å². The zero-order valence-corrected chi connectivity index (χ0v) is 15.8. The molecule has 3 heteroatoms. The van der Waals surface area contributed by atoms with Crippen LogP contribution in [-0.2, 0) is 13.0 Å². The summed E-state index contributed by atoms with van der Waals surface area (Å²) in [6.45, 7) is 1.22. The lowest BCUT2D eigenvalue weighted by Crippen LogP contribution is -2.14. The molecule has 1 N–H and O–H groups in total. The molecule has 2 aromatic rings. The molecule has 124 valence electrons. The summed E-state index contributed by atoms with van der Waals surface area (Å²) in [6, 6.07) is 13.2. The van der Waals surface area contributed by atoms with Crippen LogP contribution in [0, 0.1) is 3.57 Å². The molecular weight excluding hydrogens is 397 g/mol. The first-order valence-corrected chi connectivity index (χ1v) is 9.90. The highest BCUT2D eigenvalue weighted by Crippen LogP contribution is 2.36. The molecule has 1 aliphatic rings. The molecule has 1 saturated carbocycles. The Balaban J connectivity index is 1.93. The Morgan fingerprint density at radius 3 is 2.52 bits per heavy atom. The van der Waals surface area contributed by atoms with Crippen molar-refractivity contribution in [1.29, 1.82) is 0 Å². The maximum absolute atomic E-state index is 9.24. The molecule has 0 amide bonds. The van der Waals surface area contributed by atoms with Gasteiger partial charge in [-0.15, -0.1) is 0 Å². The van der Waals surface area contributed by atoms with Crippen LogP contribution in [0.2, 0.25) is 0 Å². The van der Waals surface area contributed by atoms with E-state index in [0.29, 0.717) is 5.92 Å². The predicted octanol–water partition coefficient (Wildman–Crippen LogP) is 5.11. The van der Waals surface area contributed by atoms with Crippen molar-refractivity contribution in [3.8, 4) is 0 Å². The van der Waals surface area contributed by atoms with Crippen LogP contribution in [0.5, 0.6) is 0 Å². The molecule has 1 fully saturated rings. The van der Waals surface area contributed by atoms with Crippen LogP contribution in [0.25, 0.3) is 0 Å². The number of aromatic nitrogens is 1. The lowest BCUT2D eigenvalue weighted by molar-refractivity contribution is 0.287. The number of rotatable bonds is 6. The first-order valence-electron chi connectivity index (χ1n) is 8.82. The fourth-order valence-corrected chi connectivity index (χ4v) is 4.65. The second-order valence-electron chi connectivity index (χ2n) is 6.60. The van der Waals surface area contributed by atoms with E-state index in [0.717, 1.165) is 19.4 Å². The molecule has 0 saturated heterocycles. The summed E-state index contributed by atoms with van der Waals surface area (Å²) < 4.78 is 3.91. The molecule has 1 aromatic carbocycles. The van der Waals surface area contributed by atoms with E-state index in [1.54, 1.807) is 0 Å². The van der Waals surface area contributed by atoms with Crippen molar-refractivity contribution in [2.75, 3.05) is 6.61 Å². The van der Waals surface area contributed by atoms with E-state index in [1.165, 1.54) is 52.6 Å². The number of nitrogens with zero attached hydrogens (tertiary/aromatic N) is 1. The van der Waals surface area contributed by atoms with E-state index in [1.807, 2.05) is 0 Å². The zero-order valence-electron chi connectivity index (χ0n) is 13.7. The van der Waals surface area contributed by atoms with Crippen molar-refractivity contribution < 1.29 is 5.11 Å². The summed E-state index contributed by atoms with van der Waals surface area (Å²) >= 11 is 2.48. The standard InChI is InChI=1S/C20H26INO/c21-18-14-20(17-10-5-2-6-11-17)22(19(18)12-7-13-23)15-16-8-3-1-4-9-16/h1,3-4,8-9,14,17,23H,2,5-7,10-13,15H2. The van der Waals surface area contributed by atoms with Gasteiger partial charge in [0.1, 0.15) is 0 Å². The quantitative estimate of drug-likeness (QED) is 0.642. The molecule has 2 nitrogen and oxygen atoms in total. The Bertz CT molecular complexity index is 614. The van der Waals surface area contributed by atoms with Crippen LogP contribution in [0.3, 0.4) is 0 Å². The second-order valence-corrected chi connectivity index (χ2v) is 7.76. The highest BCUT2D eigenvalue weighted by molar-refractivity contribution is 14.1. The van der Waals surface area contributed by atoms with Gasteiger partial charge in [0.2, 0.25) is 0 Å². The van der Waals surface area contributed by atoms with Gasteiger partial charge in [-0.05, 0) is 65.8 Å². The summed E-state index contributed by atoms with van der Waals surface area (Å²) in [7, 11) is 0. The van der Waals surface area contributed by atoms with Crippen LogP contribution in [0.15, 0.2) is 36.4 Å². The topological polar surface area (TPSA) is 25.2 Å². The van der Waals surface area contributed by atoms with E-state index in [4.69, 9.17) is 0 Å². The van der Waals surface area contributed by atoms with Gasteiger partial charge in [0.25, 0.3) is 0 Å². The molecule has 1 aliphatic carbocycles. The summed E-state index contributed by atoms with van der Waals surface area (Å²) in [4.78, 5) is 0. The van der Waals surface area contributed by atoms with Crippen LogP contribution in [0.1, 0.15) is 61.4 Å². The Labute approximate surface area is 153 Å². The van der Waals surface area contributed by atoms with Gasteiger partial charge >= 0.3 is 0 Å². The van der Waals surface area contributed by atoms with Gasteiger partial charge in [-0.1, -0.05) is 49.6 Å². The van der Waals surface area contributed by atoms with Gasteiger partial charge < -0.3 is 9.67 Å². The molecule has 0 spiro atoms. The highest BCUT2D eigenvalue weighted by Gasteiger charge is 2.22. The van der Waals surface area contributed by atoms with E-state index >= 15 is 0 Å². The van der Waals surface area contributed by atoms with Crippen molar-refractivity contribution >= 4 is 22.6 Å². The molecule has 3 rings (SSSR count). The molecular formula is C20H26INO. The third-order valence-corrected chi connectivity index (χ3v) is 5.90. The van der Waals surface area contributed by atoms with E-state index in [2.05, 4.69) is 63.6 Å². The monoisotopic (exact) mass is 423 g/mol. The summed E-state index contributed by atoms with van der Waals surface area (Å²) in [5.41, 5.74) is 4.29. The average Bonchev–Trinajstić information content (AvgIpc) is 2.90. The first kappa shape index (κ1) is 17.0. The predicted molar refractivity (Wildman–Crippen MR) is 104 cm³/mol. The fourth-order valence-electron chi connectivity index (χ4n) is 3.77. The largest absolute Gasteiger partial charge is 0.396 e. The Morgan fingerprint density at radius 2 is 1.83 bits per heavy atom. The van der Waals surface area contributed by atoms with Gasteiger partial charge in [0, 0.05) is 28.1 Å². The minimum absolute atomic E-state index is 0.269. The maximum Gasteiger partial charge on any atom is 0.0476 e. The smallest absolute Gasteiger partial charge is 0.0476 e. The number of hydrogen-bond donors (Lipinski definition) is 1. The van der Waals surface area contributed by atoms with Gasteiger partial charge in [-0.3, -0.25) is 0 Å². The molecule has 1 heterocycles. The molecule has 0 atom stereocenters. The summed E-state index contributed by atoms with van der Waals surface area (Å²) in [5.74, 6) is 0.712. The van der Waals surface area contributed by atoms with Crippen molar-refractivity contribution in [1.82, 2.24) is 4.57 Å². The summed E-state index contributed by atoms with van der Waals surface area (Å²) in [6.07, 6.45) is 8.59. The van der Waals surface area contributed by atoms with E-state index < -0.39 is 0 Å². The molecule has 1 aromatic heterocycles. The Kier molecular flexibility index (Phi) is 6.17. The SMILES string of the molecule is OCCCc1c(I)cc(C2CCCCC2)n1Cc1ccccc1. The lowest BCUT2D eigenvalue weighted by atomic mass is 9.87. The third kappa shape index (κ3) is 4.18. The average molecular weight is 423 g/mol. The molecule has 0 unspecified atom stereocenters.